The molecule has 0 heterocycles. The lowest BCUT2D eigenvalue weighted by atomic mass is 10.0. The van der Waals surface area contributed by atoms with Gasteiger partial charge in [0, 0.05) is 21.6 Å². The lowest BCUT2D eigenvalue weighted by Crippen LogP contribution is -2.17. The van der Waals surface area contributed by atoms with Crippen molar-refractivity contribution in [1.29, 1.82) is 0 Å². The van der Waals surface area contributed by atoms with Crippen LogP contribution >= 0.6 is 35.0 Å². The van der Waals surface area contributed by atoms with Crippen LogP contribution in [0.2, 0.25) is 0 Å². The average Bonchev–Trinajstić information content (AvgIpc) is 2.17. The van der Waals surface area contributed by atoms with E-state index in [1.54, 1.807) is 0 Å². The Hall–Kier alpha value is -0.0800. The monoisotopic (exact) mass is 383 g/mol. The van der Waals surface area contributed by atoms with E-state index in [1.165, 1.54) is 18.2 Å². The number of hydrogen-bond acceptors (Lipinski definition) is 1. The molecular formula is C10H11ClF4IN. The molecule has 98 valence electrons. The molecule has 0 aliphatic rings. The third-order valence-corrected chi connectivity index (χ3v) is 2.77. The number of halogens is 6. The van der Waals surface area contributed by atoms with Gasteiger partial charge in [-0.2, -0.15) is 13.2 Å². The van der Waals surface area contributed by atoms with Crippen molar-refractivity contribution in [3.8, 4) is 0 Å². The number of hydrogen-bond donors (Lipinski definition) is 1. The fourth-order valence-corrected chi connectivity index (χ4v) is 1.79. The summed E-state index contributed by atoms with van der Waals surface area (Å²) < 4.78 is 49.9. The van der Waals surface area contributed by atoms with Crippen molar-refractivity contribution in [2.45, 2.75) is 25.1 Å². The van der Waals surface area contributed by atoms with Crippen LogP contribution in [0.15, 0.2) is 18.2 Å². The van der Waals surface area contributed by atoms with Crippen LogP contribution in [0, 0.1) is 9.39 Å². The molecule has 0 aromatic heterocycles. The van der Waals surface area contributed by atoms with Gasteiger partial charge in [-0.25, -0.2) is 4.39 Å². The van der Waals surface area contributed by atoms with Crippen molar-refractivity contribution < 1.29 is 17.6 Å². The predicted octanol–water partition coefficient (Wildman–Crippen LogP) is 4.19. The normalized spacial score (nSPS) is 13.1. The molecule has 2 N–H and O–H groups in total. The van der Waals surface area contributed by atoms with Gasteiger partial charge in [-0.05, 0) is 47.2 Å². The second-order valence-corrected chi connectivity index (χ2v) is 4.67. The van der Waals surface area contributed by atoms with Gasteiger partial charge in [-0.3, -0.25) is 0 Å². The molecule has 0 aliphatic carbocycles. The van der Waals surface area contributed by atoms with E-state index in [2.05, 4.69) is 0 Å². The van der Waals surface area contributed by atoms with Crippen molar-refractivity contribution in [1.82, 2.24) is 0 Å². The van der Waals surface area contributed by atoms with Crippen molar-refractivity contribution in [3.63, 3.8) is 0 Å². The second kappa shape index (κ2) is 6.75. The van der Waals surface area contributed by atoms with Crippen LogP contribution in [0.25, 0.3) is 0 Å². The molecule has 1 rings (SSSR count). The van der Waals surface area contributed by atoms with Crippen molar-refractivity contribution in [2.75, 3.05) is 0 Å². The number of nitrogens with two attached hydrogens (primary N) is 1. The summed E-state index contributed by atoms with van der Waals surface area (Å²) in [7, 11) is 0. The molecule has 0 radical (unpaired) electrons. The molecule has 0 amide bonds. The van der Waals surface area contributed by atoms with E-state index >= 15 is 0 Å². The van der Waals surface area contributed by atoms with E-state index in [1.807, 2.05) is 22.6 Å². The van der Waals surface area contributed by atoms with E-state index in [-0.39, 0.29) is 24.4 Å². The molecule has 0 aliphatic heterocycles. The van der Waals surface area contributed by atoms with Crippen LogP contribution in [0.3, 0.4) is 0 Å². The first-order valence-electron chi connectivity index (χ1n) is 4.57. The van der Waals surface area contributed by atoms with Crippen LogP contribution in [-0.2, 0) is 0 Å². The molecule has 1 nitrogen and oxygen atoms in total. The topological polar surface area (TPSA) is 26.0 Å². The largest absolute Gasteiger partial charge is 0.389 e. The zero-order chi connectivity index (χ0) is 12.3. The lowest BCUT2D eigenvalue weighted by molar-refractivity contribution is -0.136. The molecule has 0 unspecified atom stereocenters. The highest BCUT2D eigenvalue weighted by Gasteiger charge is 2.28. The Kier molecular flexibility index (Phi) is 6.71. The van der Waals surface area contributed by atoms with Gasteiger partial charge in [-0.1, -0.05) is 0 Å². The van der Waals surface area contributed by atoms with Gasteiger partial charge in [0.05, 0.1) is 0 Å². The number of benzene rings is 1. The Labute approximate surface area is 116 Å². The molecule has 0 bridgehead atoms. The first-order chi connectivity index (χ1) is 7.29. The molecule has 0 saturated carbocycles. The maximum absolute atomic E-state index is 13.3. The van der Waals surface area contributed by atoms with Crippen molar-refractivity contribution >= 4 is 35.0 Å². The summed E-state index contributed by atoms with van der Waals surface area (Å²) in [5.41, 5.74) is 5.66. The molecule has 17 heavy (non-hydrogen) atoms. The van der Waals surface area contributed by atoms with E-state index < -0.39 is 24.5 Å². The van der Waals surface area contributed by atoms with Gasteiger partial charge in [0.1, 0.15) is 5.82 Å². The summed E-state index contributed by atoms with van der Waals surface area (Å²) in [6, 6.07) is 3.30. The molecule has 1 aromatic rings. The fraction of sp³-hybridized carbons (Fsp3) is 0.400. The zero-order valence-electron chi connectivity index (χ0n) is 8.60. The van der Waals surface area contributed by atoms with Gasteiger partial charge in [0.2, 0.25) is 0 Å². The summed E-state index contributed by atoms with van der Waals surface area (Å²) >= 11 is 1.96. The third kappa shape index (κ3) is 5.87. The molecule has 0 saturated heterocycles. The molecule has 0 spiro atoms. The first kappa shape index (κ1) is 16.9. The Bertz CT molecular complexity index is 370. The van der Waals surface area contributed by atoms with Crippen LogP contribution in [0.1, 0.15) is 24.4 Å². The van der Waals surface area contributed by atoms with Gasteiger partial charge < -0.3 is 5.73 Å². The summed E-state index contributed by atoms with van der Waals surface area (Å²) in [4.78, 5) is 0. The highest BCUT2D eigenvalue weighted by atomic mass is 127. The van der Waals surface area contributed by atoms with E-state index in [4.69, 9.17) is 5.73 Å². The van der Waals surface area contributed by atoms with Crippen molar-refractivity contribution in [2.24, 2.45) is 5.73 Å². The SMILES string of the molecule is Cl.N[C@H](CCC(F)(F)F)c1cc(I)ccc1F. The summed E-state index contributed by atoms with van der Waals surface area (Å²) in [6.45, 7) is 0. The fourth-order valence-electron chi connectivity index (χ4n) is 1.27. The molecule has 1 atom stereocenters. The maximum atomic E-state index is 13.3. The zero-order valence-corrected chi connectivity index (χ0v) is 11.6. The minimum atomic E-state index is -4.25. The van der Waals surface area contributed by atoms with E-state index in [0.29, 0.717) is 0 Å². The highest BCUT2D eigenvalue weighted by Crippen LogP contribution is 2.27. The van der Waals surface area contributed by atoms with E-state index in [0.717, 1.165) is 3.57 Å². The Morgan fingerprint density at radius 2 is 1.88 bits per heavy atom. The average molecular weight is 384 g/mol. The van der Waals surface area contributed by atoms with E-state index in [9.17, 15) is 17.6 Å². The van der Waals surface area contributed by atoms with Crippen LogP contribution in [0.5, 0.6) is 0 Å². The number of alkyl halides is 3. The van der Waals surface area contributed by atoms with Crippen LogP contribution in [-0.4, -0.2) is 6.18 Å². The number of rotatable bonds is 3. The van der Waals surface area contributed by atoms with Gasteiger partial charge in [0.25, 0.3) is 0 Å². The predicted molar refractivity (Wildman–Crippen MR) is 68.6 cm³/mol. The highest BCUT2D eigenvalue weighted by molar-refractivity contribution is 14.1. The minimum absolute atomic E-state index is 0. The molecule has 1 aromatic carbocycles. The summed E-state index contributed by atoms with van der Waals surface area (Å²) in [5, 5.41) is 0. The van der Waals surface area contributed by atoms with Crippen LogP contribution in [0.4, 0.5) is 17.6 Å². The summed E-state index contributed by atoms with van der Waals surface area (Å²) in [5.74, 6) is -0.560. The third-order valence-electron chi connectivity index (χ3n) is 2.10. The summed E-state index contributed by atoms with van der Waals surface area (Å²) in [6.07, 6.45) is -5.56. The Morgan fingerprint density at radius 3 is 2.41 bits per heavy atom. The first-order valence-corrected chi connectivity index (χ1v) is 5.65. The van der Waals surface area contributed by atoms with Crippen LogP contribution < -0.4 is 5.73 Å². The Morgan fingerprint density at radius 1 is 1.29 bits per heavy atom. The smallest absolute Gasteiger partial charge is 0.324 e. The molecular weight excluding hydrogens is 372 g/mol. The lowest BCUT2D eigenvalue weighted by Gasteiger charge is -2.14. The van der Waals surface area contributed by atoms with Gasteiger partial charge >= 0.3 is 6.18 Å². The second-order valence-electron chi connectivity index (χ2n) is 3.43. The maximum Gasteiger partial charge on any atom is 0.389 e. The minimum Gasteiger partial charge on any atom is -0.324 e. The van der Waals surface area contributed by atoms with Crippen molar-refractivity contribution in [3.05, 3.63) is 33.1 Å². The van der Waals surface area contributed by atoms with Gasteiger partial charge in [-0.15, -0.1) is 12.4 Å². The quantitative estimate of drug-likeness (QED) is 0.615. The molecule has 7 heteroatoms. The standard InChI is InChI=1S/C10H10F4IN.ClH/c11-8-2-1-6(15)5-7(8)9(16)3-4-10(12,13)14;/h1-2,5,9H,3-4,16H2;1H/t9-;/m1./s1. The Balaban J connectivity index is 0.00000256. The van der Waals surface area contributed by atoms with Gasteiger partial charge in [0.15, 0.2) is 0 Å². The molecule has 0 fully saturated rings.